The van der Waals surface area contributed by atoms with Crippen molar-refractivity contribution in [1.82, 2.24) is 5.32 Å². The number of hydrogen-bond donors (Lipinski definition) is 1. The molecule has 1 N–H and O–H groups in total. The molecule has 1 aromatic rings. The molecule has 21 heavy (non-hydrogen) atoms. The highest BCUT2D eigenvalue weighted by atomic mass is 79.9. The van der Waals surface area contributed by atoms with Crippen LogP contribution in [-0.4, -0.2) is 12.6 Å². The number of benzene rings is 1. The molecule has 0 heterocycles. The third-order valence-corrected chi connectivity index (χ3v) is 5.45. The van der Waals surface area contributed by atoms with Crippen molar-refractivity contribution in [3.63, 3.8) is 0 Å². The van der Waals surface area contributed by atoms with Crippen molar-refractivity contribution in [2.24, 2.45) is 5.92 Å². The minimum Gasteiger partial charge on any atom is -0.488 e. The van der Waals surface area contributed by atoms with Crippen LogP contribution < -0.4 is 10.1 Å². The first-order valence-electron chi connectivity index (χ1n) is 8.01. The van der Waals surface area contributed by atoms with Crippen molar-refractivity contribution in [3.05, 3.63) is 26.6 Å². The Balaban J connectivity index is 2.12. The number of halogens is 2. The normalized spacial score (nSPS) is 22.3. The smallest absolute Gasteiger partial charge is 0.148 e. The van der Waals surface area contributed by atoms with E-state index in [1.165, 1.54) is 37.7 Å². The van der Waals surface area contributed by atoms with Gasteiger partial charge in [0, 0.05) is 6.54 Å². The third-order valence-electron chi connectivity index (χ3n) is 4.27. The van der Waals surface area contributed by atoms with Gasteiger partial charge in [-0.1, -0.05) is 20.3 Å². The lowest BCUT2D eigenvalue weighted by Gasteiger charge is -2.32. The van der Waals surface area contributed by atoms with Crippen LogP contribution in [0.4, 0.5) is 0 Å². The van der Waals surface area contributed by atoms with Crippen LogP contribution in [0.2, 0.25) is 0 Å². The van der Waals surface area contributed by atoms with Crippen molar-refractivity contribution in [3.8, 4) is 5.75 Å². The molecule has 2 rings (SSSR count). The molecule has 0 bridgehead atoms. The summed E-state index contributed by atoms with van der Waals surface area (Å²) in [5, 5.41) is 3.35. The molecule has 118 valence electrons. The Morgan fingerprint density at radius 1 is 1.14 bits per heavy atom. The molecule has 2 unspecified atom stereocenters. The summed E-state index contributed by atoms with van der Waals surface area (Å²) in [7, 11) is 0. The van der Waals surface area contributed by atoms with Gasteiger partial charge in [-0.15, -0.1) is 0 Å². The molecule has 0 amide bonds. The van der Waals surface area contributed by atoms with Gasteiger partial charge < -0.3 is 10.1 Å². The van der Waals surface area contributed by atoms with Crippen LogP contribution in [0.1, 0.15) is 51.5 Å². The third kappa shape index (κ3) is 4.70. The first-order chi connectivity index (χ1) is 10.2. The standard InChI is InChI=1S/C17H25Br2NO/c1-3-13-7-5-6-8-16(13)21-17-14(18)9-12(10-15(17)19)11-20-4-2/h9-10,13,16,20H,3-8,11H2,1-2H3. The number of ether oxygens (including phenoxy) is 1. The molecule has 0 aliphatic heterocycles. The van der Waals surface area contributed by atoms with Gasteiger partial charge in [0.2, 0.25) is 0 Å². The molecule has 1 aromatic carbocycles. The molecule has 2 nitrogen and oxygen atoms in total. The maximum atomic E-state index is 6.37. The van der Waals surface area contributed by atoms with E-state index < -0.39 is 0 Å². The minimum atomic E-state index is 0.357. The van der Waals surface area contributed by atoms with Crippen LogP contribution in [0.25, 0.3) is 0 Å². The van der Waals surface area contributed by atoms with Crippen molar-refractivity contribution < 1.29 is 4.74 Å². The Morgan fingerprint density at radius 3 is 2.43 bits per heavy atom. The van der Waals surface area contributed by atoms with Crippen LogP contribution in [0.3, 0.4) is 0 Å². The number of nitrogens with one attached hydrogen (secondary N) is 1. The van der Waals surface area contributed by atoms with Crippen molar-refractivity contribution in [2.75, 3.05) is 6.54 Å². The molecule has 4 heteroatoms. The van der Waals surface area contributed by atoms with Crippen LogP contribution in [0, 0.1) is 5.92 Å². The molecular weight excluding hydrogens is 394 g/mol. The van der Waals surface area contributed by atoms with E-state index in [0.717, 1.165) is 27.8 Å². The molecule has 0 saturated heterocycles. The predicted molar refractivity (Wildman–Crippen MR) is 95.9 cm³/mol. The topological polar surface area (TPSA) is 21.3 Å². The van der Waals surface area contributed by atoms with E-state index >= 15 is 0 Å². The number of hydrogen-bond acceptors (Lipinski definition) is 2. The summed E-state index contributed by atoms with van der Waals surface area (Å²) in [6.45, 7) is 6.26. The Hall–Kier alpha value is -0.0600. The lowest BCUT2D eigenvalue weighted by Crippen LogP contribution is -2.30. The van der Waals surface area contributed by atoms with Crippen LogP contribution >= 0.6 is 31.9 Å². The summed E-state index contributed by atoms with van der Waals surface area (Å²) in [6, 6.07) is 4.32. The van der Waals surface area contributed by atoms with Crippen LogP contribution in [0.15, 0.2) is 21.1 Å². The Labute approximate surface area is 145 Å². The minimum absolute atomic E-state index is 0.357. The summed E-state index contributed by atoms with van der Waals surface area (Å²) in [4.78, 5) is 0. The van der Waals surface area contributed by atoms with Gasteiger partial charge in [0.25, 0.3) is 0 Å². The van der Waals surface area contributed by atoms with Crippen LogP contribution in [-0.2, 0) is 6.54 Å². The zero-order valence-electron chi connectivity index (χ0n) is 12.9. The molecule has 1 saturated carbocycles. The summed E-state index contributed by atoms with van der Waals surface area (Å²) in [5.74, 6) is 1.65. The van der Waals surface area contributed by atoms with E-state index in [1.54, 1.807) is 0 Å². The highest BCUT2D eigenvalue weighted by Crippen LogP contribution is 2.38. The van der Waals surface area contributed by atoms with Gasteiger partial charge in [-0.05, 0) is 87.7 Å². The second-order valence-corrected chi connectivity index (χ2v) is 7.49. The van der Waals surface area contributed by atoms with Crippen molar-refractivity contribution in [1.29, 1.82) is 0 Å². The molecule has 1 fully saturated rings. The number of rotatable bonds is 6. The molecule has 1 aliphatic carbocycles. The predicted octanol–water partition coefficient (Wildman–Crippen LogP) is 5.67. The largest absolute Gasteiger partial charge is 0.488 e. The first kappa shape index (κ1) is 17.3. The van der Waals surface area contributed by atoms with Gasteiger partial charge in [-0.25, -0.2) is 0 Å². The Bertz CT molecular complexity index is 441. The SMILES string of the molecule is CCNCc1cc(Br)c(OC2CCCCC2CC)c(Br)c1. The zero-order valence-corrected chi connectivity index (χ0v) is 16.1. The van der Waals surface area contributed by atoms with E-state index in [2.05, 4.69) is 63.2 Å². The van der Waals surface area contributed by atoms with E-state index in [4.69, 9.17) is 4.74 Å². The quantitative estimate of drug-likeness (QED) is 0.642. The highest BCUT2D eigenvalue weighted by molar-refractivity contribution is 9.11. The summed E-state index contributed by atoms with van der Waals surface area (Å²) in [6.07, 6.45) is 6.68. The Kier molecular flexibility index (Phi) is 7.03. The van der Waals surface area contributed by atoms with E-state index in [0.29, 0.717) is 12.0 Å². The summed E-state index contributed by atoms with van der Waals surface area (Å²) in [5.41, 5.74) is 1.26. The summed E-state index contributed by atoms with van der Waals surface area (Å²) >= 11 is 7.35. The van der Waals surface area contributed by atoms with Crippen molar-refractivity contribution in [2.45, 2.75) is 58.6 Å². The van der Waals surface area contributed by atoms with Gasteiger partial charge in [-0.2, -0.15) is 0 Å². The molecule has 0 radical (unpaired) electrons. The average molecular weight is 419 g/mol. The van der Waals surface area contributed by atoms with Gasteiger partial charge in [-0.3, -0.25) is 0 Å². The monoisotopic (exact) mass is 417 g/mol. The van der Waals surface area contributed by atoms with Gasteiger partial charge in [0.05, 0.1) is 8.95 Å². The fraction of sp³-hybridized carbons (Fsp3) is 0.647. The van der Waals surface area contributed by atoms with Crippen molar-refractivity contribution >= 4 is 31.9 Å². The maximum Gasteiger partial charge on any atom is 0.148 e. The second-order valence-electron chi connectivity index (χ2n) is 5.78. The van der Waals surface area contributed by atoms with Gasteiger partial charge in [0.1, 0.15) is 11.9 Å². The zero-order chi connectivity index (χ0) is 15.2. The molecule has 0 aromatic heterocycles. The van der Waals surface area contributed by atoms with Gasteiger partial charge in [0.15, 0.2) is 0 Å². The second kappa shape index (κ2) is 8.54. The van der Waals surface area contributed by atoms with E-state index in [-0.39, 0.29) is 0 Å². The first-order valence-corrected chi connectivity index (χ1v) is 9.59. The molecular formula is C17H25Br2NO. The van der Waals surface area contributed by atoms with Gasteiger partial charge >= 0.3 is 0 Å². The van der Waals surface area contributed by atoms with E-state index in [9.17, 15) is 0 Å². The molecule has 2 atom stereocenters. The average Bonchev–Trinajstić information content (AvgIpc) is 2.49. The molecule has 1 aliphatic rings. The Morgan fingerprint density at radius 2 is 1.81 bits per heavy atom. The fourth-order valence-electron chi connectivity index (χ4n) is 3.04. The lowest BCUT2D eigenvalue weighted by molar-refractivity contribution is 0.0889. The fourth-order valence-corrected chi connectivity index (χ4v) is 4.51. The highest BCUT2D eigenvalue weighted by Gasteiger charge is 2.26. The summed E-state index contributed by atoms with van der Waals surface area (Å²) < 4.78 is 8.46. The van der Waals surface area contributed by atoms with Crippen LogP contribution in [0.5, 0.6) is 5.75 Å². The molecule has 0 spiro atoms. The maximum absolute atomic E-state index is 6.37. The lowest BCUT2D eigenvalue weighted by atomic mass is 9.85. The van der Waals surface area contributed by atoms with E-state index in [1.807, 2.05) is 0 Å².